The third-order valence-electron chi connectivity index (χ3n) is 4.36. The highest BCUT2D eigenvalue weighted by Gasteiger charge is 2.46. The van der Waals surface area contributed by atoms with Gasteiger partial charge in [-0.25, -0.2) is 24.1 Å². The Morgan fingerprint density at radius 3 is 2.59 bits per heavy atom. The smallest absolute Gasteiger partial charge is 0.387 e. The fraction of sp³-hybridized carbons (Fsp3) is 0.533. The first kappa shape index (κ1) is 24.9. The van der Waals surface area contributed by atoms with Gasteiger partial charge in [-0.3, -0.25) is 9.09 Å². The molecule has 1 saturated heterocycles. The van der Waals surface area contributed by atoms with Crippen LogP contribution in [0.25, 0.3) is 11.2 Å². The van der Waals surface area contributed by atoms with Gasteiger partial charge < -0.3 is 34.9 Å². The van der Waals surface area contributed by atoms with Crippen molar-refractivity contribution < 1.29 is 47.6 Å². The summed E-state index contributed by atoms with van der Waals surface area (Å²) in [5.41, 5.74) is 1.78. The van der Waals surface area contributed by atoms with Gasteiger partial charge in [0.2, 0.25) is 0 Å². The number of hydrogen-bond acceptors (Lipinski definition) is 11. The largest absolute Gasteiger partial charge is 0.481 e. The van der Waals surface area contributed by atoms with Gasteiger partial charge in [-0.2, -0.15) is 4.31 Å². The number of phosphoric ester groups is 1. The topological polar surface area (TPSA) is 219 Å². The summed E-state index contributed by atoms with van der Waals surface area (Å²) in [6.07, 6.45) is -1.03. The molecule has 32 heavy (non-hydrogen) atoms. The van der Waals surface area contributed by atoms with Crippen LogP contribution in [0.3, 0.4) is 0 Å². The lowest BCUT2D eigenvalue weighted by molar-refractivity contribution is -0.0503. The molecule has 0 aromatic carbocycles. The summed E-state index contributed by atoms with van der Waals surface area (Å²) in [6, 6.07) is 0. The Balaban J connectivity index is 1.75. The van der Waals surface area contributed by atoms with Crippen LogP contribution in [-0.2, 0) is 22.7 Å². The van der Waals surface area contributed by atoms with Crippen molar-refractivity contribution in [3.05, 3.63) is 24.3 Å². The van der Waals surface area contributed by atoms with Crippen molar-refractivity contribution in [2.75, 3.05) is 18.5 Å². The first-order valence-corrected chi connectivity index (χ1v) is 12.2. The van der Waals surface area contributed by atoms with E-state index in [0.717, 1.165) is 5.57 Å². The monoisotopic (exact) mass is 495 g/mol. The van der Waals surface area contributed by atoms with E-state index in [2.05, 4.69) is 29.1 Å². The van der Waals surface area contributed by atoms with Gasteiger partial charge in [0.1, 0.15) is 24.6 Å². The second kappa shape index (κ2) is 9.61. The average molecular weight is 495 g/mol. The van der Waals surface area contributed by atoms with Crippen molar-refractivity contribution >= 4 is 32.6 Å². The summed E-state index contributed by atoms with van der Waals surface area (Å²) in [7, 11) is -10.4. The molecule has 0 aliphatic carbocycles. The van der Waals surface area contributed by atoms with Gasteiger partial charge >= 0.3 is 15.6 Å². The molecular weight excluding hydrogens is 472 g/mol. The molecule has 1 aliphatic heterocycles. The molecule has 0 saturated carbocycles. The van der Waals surface area contributed by atoms with Crippen molar-refractivity contribution in [2.45, 2.75) is 38.4 Å². The summed E-state index contributed by atoms with van der Waals surface area (Å²) in [4.78, 5) is 39.1. The third-order valence-corrected chi connectivity index (χ3v) is 6.51. The van der Waals surface area contributed by atoms with Crippen molar-refractivity contribution in [3.8, 4) is 0 Å². The second-order valence-corrected chi connectivity index (χ2v) is 9.92. The quantitative estimate of drug-likeness (QED) is 0.200. The number of fused-ring (bicyclic) bond motifs is 1. The van der Waals surface area contributed by atoms with Crippen LogP contribution in [0.15, 0.2) is 24.3 Å². The Kier molecular flexibility index (Phi) is 7.47. The molecule has 0 amide bonds. The minimum Gasteiger partial charge on any atom is -0.387 e. The average Bonchev–Trinajstić information content (AvgIpc) is 3.20. The summed E-state index contributed by atoms with van der Waals surface area (Å²) in [5, 5.41) is 23.8. The first-order valence-electron chi connectivity index (χ1n) is 9.18. The first-order chi connectivity index (χ1) is 14.9. The third kappa shape index (κ3) is 5.97. The number of hydrogen-bond donors (Lipinski definition) is 6. The summed E-state index contributed by atoms with van der Waals surface area (Å²) in [6.45, 7) is 3.59. The Morgan fingerprint density at radius 2 is 1.94 bits per heavy atom. The molecule has 0 bridgehead atoms. The van der Waals surface area contributed by atoms with Crippen LogP contribution in [0.5, 0.6) is 0 Å². The SMILES string of the molecule is CC(C)=CCNc1ncnc2c1ncn2C1OC(COP(=O)(O)OP(=O)(O)O)C(O)C1O. The van der Waals surface area contributed by atoms with Gasteiger partial charge in [0.25, 0.3) is 0 Å². The van der Waals surface area contributed by atoms with Crippen LogP contribution in [0.4, 0.5) is 5.82 Å². The lowest BCUT2D eigenvalue weighted by Crippen LogP contribution is -2.33. The molecule has 17 heteroatoms. The molecule has 2 aromatic rings. The molecule has 2 aromatic heterocycles. The van der Waals surface area contributed by atoms with E-state index in [4.69, 9.17) is 14.5 Å². The summed E-state index contributed by atoms with van der Waals surface area (Å²) < 4.78 is 37.4. The van der Waals surface area contributed by atoms with Gasteiger partial charge in [0.15, 0.2) is 23.2 Å². The van der Waals surface area contributed by atoms with Crippen LogP contribution < -0.4 is 5.32 Å². The molecule has 5 atom stereocenters. The van der Waals surface area contributed by atoms with Crippen LogP contribution in [0.1, 0.15) is 20.1 Å². The molecule has 0 radical (unpaired) electrons. The van der Waals surface area contributed by atoms with Crippen molar-refractivity contribution in [3.63, 3.8) is 0 Å². The normalized spacial score (nSPS) is 25.6. The van der Waals surface area contributed by atoms with E-state index in [-0.39, 0.29) is 5.65 Å². The number of imidazole rings is 1. The fourth-order valence-corrected chi connectivity index (χ4v) is 4.54. The number of rotatable bonds is 9. The van der Waals surface area contributed by atoms with Crippen LogP contribution >= 0.6 is 15.6 Å². The number of aromatic nitrogens is 4. The number of allylic oxidation sites excluding steroid dienone is 1. The number of aliphatic hydroxyl groups excluding tert-OH is 2. The van der Waals surface area contributed by atoms with Crippen molar-refractivity contribution in [1.82, 2.24) is 19.5 Å². The number of anilines is 1. The molecule has 0 spiro atoms. The van der Waals surface area contributed by atoms with E-state index in [1.165, 1.54) is 17.2 Å². The zero-order valence-electron chi connectivity index (χ0n) is 16.9. The number of aliphatic hydroxyl groups is 2. The number of nitrogens with one attached hydrogen (secondary N) is 1. The second-order valence-electron chi connectivity index (χ2n) is 7.09. The van der Waals surface area contributed by atoms with Gasteiger partial charge in [0, 0.05) is 6.54 Å². The fourth-order valence-electron chi connectivity index (χ4n) is 2.94. The predicted molar refractivity (Wildman–Crippen MR) is 108 cm³/mol. The standard InChI is InChI=1S/C15H23N5O10P2/c1-8(2)3-4-16-13-10-14(18-6-17-13)20(7-19-10)15-12(22)11(21)9(29-15)5-28-32(26,27)30-31(23,24)25/h3,6-7,9,11-12,15,21-22H,4-5H2,1-2H3,(H,26,27)(H,16,17,18)(H2,23,24,25). The molecule has 3 heterocycles. The molecule has 178 valence electrons. The minimum atomic E-state index is -5.30. The van der Waals surface area contributed by atoms with E-state index in [1.807, 2.05) is 19.9 Å². The lowest BCUT2D eigenvalue weighted by Gasteiger charge is -2.17. The molecule has 3 rings (SSSR count). The van der Waals surface area contributed by atoms with E-state index < -0.39 is 46.8 Å². The summed E-state index contributed by atoms with van der Waals surface area (Å²) in [5.74, 6) is 0.440. The highest BCUT2D eigenvalue weighted by Crippen LogP contribution is 2.57. The van der Waals surface area contributed by atoms with Crippen molar-refractivity contribution in [1.29, 1.82) is 0 Å². The Hall–Kier alpha value is -1.77. The summed E-state index contributed by atoms with van der Waals surface area (Å²) >= 11 is 0. The predicted octanol–water partition coefficient (Wildman–Crippen LogP) is 0.0499. The van der Waals surface area contributed by atoms with Crippen LogP contribution in [0, 0.1) is 0 Å². The van der Waals surface area contributed by atoms with E-state index in [9.17, 15) is 24.2 Å². The molecule has 5 unspecified atom stereocenters. The maximum atomic E-state index is 11.6. The lowest BCUT2D eigenvalue weighted by atomic mass is 10.1. The molecular formula is C15H23N5O10P2. The van der Waals surface area contributed by atoms with E-state index >= 15 is 0 Å². The molecule has 15 nitrogen and oxygen atoms in total. The zero-order valence-corrected chi connectivity index (χ0v) is 18.7. The maximum Gasteiger partial charge on any atom is 0.481 e. The van der Waals surface area contributed by atoms with Gasteiger partial charge in [-0.1, -0.05) is 11.6 Å². The zero-order chi connectivity index (χ0) is 23.7. The van der Waals surface area contributed by atoms with E-state index in [1.54, 1.807) is 0 Å². The van der Waals surface area contributed by atoms with Crippen LogP contribution in [-0.4, -0.2) is 75.9 Å². The van der Waals surface area contributed by atoms with Crippen molar-refractivity contribution in [2.24, 2.45) is 0 Å². The Morgan fingerprint density at radius 1 is 1.22 bits per heavy atom. The number of nitrogens with zero attached hydrogens (tertiary/aromatic N) is 4. The maximum absolute atomic E-state index is 11.6. The van der Waals surface area contributed by atoms with Gasteiger partial charge in [-0.15, -0.1) is 0 Å². The molecule has 6 N–H and O–H groups in total. The minimum absolute atomic E-state index is 0.287. The highest BCUT2D eigenvalue weighted by molar-refractivity contribution is 7.60. The Labute approximate surface area is 181 Å². The number of ether oxygens (including phenoxy) is 1. The van der Waals surface area contributed by atoms with Gasteiger partial charge in [0.05, 0.1) is 12.9 Å². The van der Waals surface area contributed by atoms with E-state index in [0.29, 0.717) is 17.9 Å². The number of phosphoric acid groups is 2. The molecule has 1 aliphatic rings. The molecule has 1 fully saturated rings. The van der Waals surface area contributed by atoms with Gasteiger partial charge in [-0.05, 0) is 13.8 Å². The Bertz CT molecular complexity index is 1080. The highest BCUT2D eigenvalue weighted by atomic mass is 31.3. The van der Waals surface area contributed by atoms with Crippen LogP contribution in [0.2, 0.25) is 0 Å².